The lowest BCUT2D eigenvalue weighted by Gasteiger charge is -2.21. The Bertz CT molecular complexity index is 1350. The van der Waals surface area contributed by atoms with Crippen molar-refractivity contribution in [3.05, 3.63) is 84.1 Å². The van der Waals surface area contributed by atoms with E-state index < -0.39 is 0 Å². The van der Waals surface area contributed by atoms with Crippen molar-refractivity contribution in [2.75, 3.05) is 27.4 Å². The number of rotatable bonds is 7. The number of amides is 1. The molecule has 8 heteroatoms. The van der Waals surface area contributed by atoms with Gasteiger partial charge >= 0.3 is 0 Å². The number of nitrogens with one attached hydrogen (secondary N) is 1. The molecular weight excluding hydrogens is 446 g/mol. The molecule has 2 heterocycles. The van der Waals surface area contributed by atoms with Crippen LogP contribution in [0, 0.1) is 0 Å². The quantitative estimate of drug-likeness (QED) is 0.434. The van der Waals surface area contributed by atoms with E-state index in [1.165, 1.54) is 0 Å². The minimum Gasteiger partial charge on any atom is -0.497 e. The Morgan fingerprint density at radius 2 is 1.83 bits per heavy atom. The van der Waals surface area contributed by atoms with Gasteiger partial charge in [0.1, 0.15) is 30.4 Å². The van der Waals surface area contributed by atoms with Crippen LogP contribution >= 0.6 is 0 Å². The van der Waals surface area contributed by atoms with Crippen molar-refractivity contribution in [3.8, 4) is 39.9 Å². The number of hydrogen-bond acceptors (Lipinski definition) is 6. The number of nitrogens with zero attached hydrogens (tertiary/aromatic N) is 2. The van der Waals surface area contributed by atoms with Gasteiger partial charge in [-0.1, -0.05) is 30.3 Å². The monoisotopic (exact) mass is 471 g/mol. The van der Waals surface area contributed by atoms with E-state index in [-0.39, 0.29) is 12.5 Å². The van der Waals surface area contributed by atoms with Crippen LogP contribution in [0.15, 0.2) is 72.9 Å². The SMILES string of the molecule is COc1ccc(OC)c(-c2nn(-c3ccccc3)cc2C(=O)NCc2cccc3c2OCCO3)c1. The van der Waals surface area contributed by atoms with Gasteiger partial charge in [-0.05, 0) is 36.4 Å². The van der Waals surface area contributed by atoms with Crippen molar-refractivity contribution >= 4 is 5.91 Å². The lowest BCUT2D eigenvalue weighted by molar-refractivity contribution is 0.0950. The number of hydrogen-bond donors (Lipinski definition) is 1. The highest BCUT2D eigenvalue weighted by molar-refractivity contribution is 6.00. The summed E-state index contributed by atoms with van der Waals surface area (Å²) in [5.41, 5.74) is 3.21. The van der Waals surface area contributed by atoms with Gasteiger partial charge in [-0.15, -0.1) is 0 Å². The van der Waals surface area contributed by atoms with Crippen LogP contribution in [0.3, 0.4) is 0 Å². The van der Waals surface area contributed by atoms with Gasteiger partial charge in [0.2, 0.25) is 0 Å². The molecule has 0 fully saturated rings. The number of methoxy groups -OCH3 is 2. The number of benzene rings is 3. The second-order valence-electron chi connectivity index (χ2n) is 7.86. The van der Waals surface area contributed by atoms with Gasteiger partial charge in [0, 0.05) is 23.9 Å². The maximum Gasteiger partial charge on any atom is 0.255 e. The van der Waals surface area contributed by atoms with Crippen LogP contribution in [0.1, 0.15) is 15.9 Å². The summed E-state index contributed by atoms with van der Waals surface area (Å²) in [5.74, 6) is 2.28. The molecule has 35 heavy (non-hydrogen) atoms. The fraction of sp³-hybridized carbons (Fsp3) is 0.185. The van der Waals surface area contributed by atoms with E-state index >= 15 is 0 Å². The molecule has 178 valence electrons. The highest BCUT2D eigenvalue weighted by Crippen LogP contribution is 2.36. The van der Waals surface area contributed by atoms with E-state index in [0.717, 1.165) is 11.3 Å². The Kier molecular flexibility index (Phi) is 6.26. The van der Waals surface area contributed by atoms with Crippen LogP contribution in [-0.2, 0) is 6.54 Å². The standard InChI is InChI=1S/C27H25N3O5/c1-32-20-11-12-23(33-2)21(15-20)25-22(17-30(29-25)19-8-4-3-5-9-19)27(31)28-16-18-7-6-10-24-26(18)35-14-13-34-24/h3-12,15,17H,13-14,16H2,1-2H3,(H,28,31). The third kappa shape index (κ3) is 4.50. The Labute approximate surface area is 203 Å². The predicted octanol–water partition coefficient (Wildman–Crippen LogP) is 4.26. The van der Waals surface area contributed by atoms with Crippen molar-refractivity contribution < 1.29 is 23.7 Å². The molecule has 0 bridgehead atoms. The van der Waals surface area contributed by atoms with E-state index in [1.54, 1.807) is 37.2 Å². The van der Waals surface area contributed by atoms with E-state index in [9.17, 15) is 4.79 Å². The first-order valence-electron chi connectivity index (χ1n) is 11.2. The molecule has 1 amide bonds. The number of fused-ring (bicyclic) bond motifs is 1. The third-order valence-corrected chi connectivity index (χ3v) is 5.73. The van der Waals surface area contributed by atoms with Gasteiger partial charge in [-0.2, -0.15) is 5.10 Å². The molecule has 0 unspecified atom stereocenters. The summed E-state index contributed by atoms with van der Waals surface area (Å²) in [4.78, 5) is 13.5. The second kappa shape index (κ2) is 9.80. The van der Waals surface area contributed by atoms with Crippen molar-refractivity contribution in [2.24, 2.45) is 0 Å². The maximum atomic E-state index is 13.5. The van der Waals surface area contributed by atoms with Crippen LogP contribution in [0.25, 0.3) is 16.9 Å². The van der Waals surface area contributed by atoms with Gasteiger partial charge < -0.3 is 24.3 Å². The first kappa shape index (κ1) is 22.3. The van der Waals surface area contributed by atoms with Crippen LogP contribution in [0.5, 0.6) is 23.0 Å². The minimum atomic E-state index is -0.276. The number of para-hydroxylation sites is 2. The first-order valence-corrected chi connectivity index (χ1v) is 11.2. The van der Waals surface area contributed by atoms with Gasteiger partial charge in [0.15, 0.2) is 11.5 Å². The van der Waals surface area contributed by atoms with Crippen molar-refractivity contribution in [1.82, 2.24) is 15.1 Å². The van der Waals surface area contributed by atoms with E-state index in [2.05, 4.69) is 5.32 Å². The summed E-state index contributed by atoms with van der Waals surface area (Å²) < 4.78 is 24.1. The van der Waals surface area contributed by atoms with E-state index in [1.807, 2.05) is 54.6 Å². The number of carbonyl (C=O) groups is 1. The summed E-state index contributed by atoms with van der Waals surface area (Å²) >= 11 is 0. The lowest BCUT2D eigenvalue weighted by Crippen LogP contribution is -2.24. The summed E-state index contributed by atoms with van der Waals surface area (Å²) in [7, 11) is 3.17. The molecule has 1 aliphatic rings. The highest BCUT2D eigenvalue weighted by Gasteiger charge is 2.23. The van der Waals surface area contributed by atoms with Crippen molar-refractivity contribution in [2.45, 2.75) is 6.54 Å². The number of carbonyl (C=O) groups excluding carboxylic acids is 1. The van der Waals surface area contributed by atoms with E-state index in [0.29, 0.717) is 53.0 Å². The summed E-state index contributed by atoms with van der Waals surface area (Å²) in [6, 6.07) is 20.7. The van der Waals surface area contributed by atoms with Crippen LogP contribution < -0.4 is 24.3 Å². The van der Waals surface area contributed by atoms with Crippen molar-refractivity contribution in [3.63, 3.8) is 0 Å². The fourth-order valence-electron chi connectivity index (χ4n) is 4.00. The Morgan fingerprint density at radius 1 is 1.00 bits per heavy atom. The van der Waals surface area contributed by atoms with Gasteiger partial charge in [0.05, 0.1) is 25.5 Å². The molecule has 1 N–H and O–H groups in total. The molecule has 4 aromatic rings. The smallest absolute Gasteiger partial charge is 0.255 e. The molecule has 0 atom stereocenters. The van der Waals surface area contributed by atoms with Crippen LogP contribution in [-0.4, -0.2) is 43.1 Å². The van der Waals surface area contributed by atoms with Gasteiger partial charge in [-0.25, -0.2) is 4.68 Å². The zero-order chi connectivity index (χ0) is 24.2. The highest BCUT2D eigenvalue weighted by atomic mass is 16.6. The minimum absolute atomic E-state index is 0.274. The Balaban J connectivity index is 1.52. The summed E-state index contributed by atoms with van der Waals surface area (Å²) in [6.45, 7) is 1.26. The van der Waals surface area contributed by atoms with Crippen LogP contribution in [0.4, 0.5) is 0 Å². The summed E-state index contributed by atoms with van der Waals surface area (Å²) in [5, 5.41) is 7.76. The molecule has 0 radical (unpaired) electrons. The zero-order valence-corrected chi connectivity index (χ0v) is 19.5. The first-order chi connectivity index (χ1) is 17.2. The normalized spacial score (nSPS) is 12.2. The molecule has 0 saturated heterocycles. The molecule has 0 aliphatic carbocycles. The van der Waals surface area contributed by atoms with E-state index in [4.69, 9.17) is 24.0 Å². The molecule has 0 spiro atoms. The predicted molar refractivity (Wildman–Crippen MR) is 131 cm³/mol. The fourth-order valence-corrected chi connectivity index (χ4v) is 4.00. The zero-order valence-electron chi connectivity index (χ0n) is 19.5. The maximum absolute atomic E-state index is 13.5. The molecule has 5 rings (SSSR count). The summed E-state index contributed by atoms with van der Waals surface area (Å²) in [6.07, 6.45) is 1.72. The van der Waals surface area contributed by atoms with Crippen LogP contribution in [0.2, 0.25) is 0 Å². The second-order valence-corrected chi connectivity index (χ2v) is 7.86. The third-order valence-electron chi connectivity index (χ3n) is 5.73. The van der Waals surface area contributed by atoms with Gasteiger partial charge in [-0.3, -0.25) is 4.79 Å². The average Bonchev–Trinajstić information content (AvgIpc) is 3.37. The molecule has 1 aromatic heterocycles. The molecular formula is C27H25N3O5. The number of ether oxygens (including phenoxy) is 4. The van der Waals surface area contributed by atoms with Crippen molar-refractivity contribution in [1.29, 1.82) is 0 Å². The molecule has 3 aromatic carbocycles. The number of aromatic nitrogens is 2. The van der Waals surface area contributed by atoms with Gasteiger partial charge in [0.25, 0.3) is 5.91 Å². The topological polar surface area (TPSA) is 83.8 Å². The molecule has 1 aliphatic heterocycles. The average molecular weight is 472 g/mol. The lowest BCUT2D eigenvalue weighted by atomic mass is 10.1. The Hall–Kier alpha value is -4.46. The largest absolute Gasteiger partial charge is 0.497 e. The molecule has 0 saturated carbocycles. The Morgan fingerprint density at radius 3 is 2.63 bits per heavy atom. The molecule has 8 nitrogen and oxygen atoms in total.